The molecule has 1 aliphatic heterocycles. The molecule has 1 unspecified atom stereocenters. The molecule has 1 amide bonds. The first-order chi connectivity index (χ1) is 17.1. The van der Waals surface area contributed by atoms with Crippen LogP contribution in [0.4, 0.5) is 0 Å². The number of carbonyl (C=O) groups is 1. The molecule has 1 aliphatic carbocycles. The third-order valence-corrected chi connectivity index (χ3v) is 5.74. The topological polar surface area (TPSA) is 342 Å². The second-order valence-electron chi connectivity index (χ2n) is 8.60. The van der Waals surface area contributed by atoms with E-state index in [1.54, 1.807) is 0 Å². The van der Waals surface area contributed by atoms with E-state index in [-0.39, 0.29) is 18.7 Å². The first kappa shape index (κ1) is 36.8. The molecule has 1 saturated heterocycles. The lowest BCUT2D eigenvalue weighted by molar-refractivity contribution is -0.267. The van der Waals surface area contributed by atoms with Crippen molar-refractivity contribution in [2.75, 3.05) is 20.7 Å². The minimum atomic E-state index is -4.67. The largest absolute Gasteiger partial charge is 0.394 e. The van der Waals surface area contributed by atoms with Gasteiger partial charge in [0.1, 0.15) is 18.3 Å². The standard InChI is InChI=1S/C17H35N5O6.2H2O4S/c1-7(19)9-5-4-8(20)17(27-9)28-15-11(21)13(24)16(26-3)12(14(15)25)22(2)10(23)6-18;2*1-5(2,3)4/h7-9,11-17,24-25H,4-6,18-21H2,1-3H3;2*(H2,1,2,3,4)/t7?,8-,9+,11+,12+,13+,14-,15-,16-,17-;;/m1../s1. The van der Waals surface area contributed by atoms with Gasteiger partial charge < -0.3 is 52.3 Å². The summed E-state index contributed by atoms with van der Waals surface area (Å²) in [4.78, 5) is 13.3. The smallest absolute Gasteiger partial charge is 0.389 e. The Morgan fingerprint density at radius 1 is 1.03 bits per heavy atom. The normalized spacial score (nSPS) is 34.6. The first-order valence-electron chi connectivity index (χ1n) is 11.0. The summed E-state index contributed by atoms with van der Waals surface area (Å²) in [6, 6.07) is -2.55. The zero-order valence-corrected chi connectivity index (χ0v) is 22.6. The van der Waals surface area contributed by atoms with Gasteiger partial charge in [0.2, 0.25) is 5.91 Å². The Bertz CT molecular complexity index is 893. The van der Waals surface area contributed by atoms with Crippen LogP contribution in [-0.4, -0.2) is 138 Å². The number of nitrogens with zero attached hydrogens (tertiary/aromatic N) is 1. The molecule has 0 aromatic rings. The Balaban J connectivity index is 0.00000116. The summed E-state index contributed by atoms with van der Waals surface area (Å²) in [5.74, 6) is -0.421. The van der Waals surface area contributed by atoms with Crippen LogP contribution < -0.4 is 22.9 Å². The second-order valence-corrected chi connectivity index (χ2v) is 10.4. The molecule has 38 heavy (non-hydrogen) atoms. The van der Waals surface area contributed by atoms with Gasteiger partial charge in [0.15, 0.2) is 6.29 Å². The Hall–Kier alpha value is -1.15. The van der Waals surface area contributed by atoms with Crippen molar-refractivity contribution < 1.29 is 64.3 Å². The maximum atomic E-state index is 12.1. The van der Waals surface area contributed by atoms with Crippen LogP contribution in [0.5, 0.6) is 0 Å². The molecule has 21 heteroatoms. The number of nitrogens with two attached hydrogens (primary N) is 4. The number of aliphatic hydroxyl groups excluding tert-OH is 2. The van der Waals surface area contributed by atoms with Crippen LogP contribution >= 0.6 is 0 Å². The van der Waals surface area contributed by atoms with Gasteiger partial charge in [-0.05, 0) is 19.8 Å². The Morgan fingerprint density at radius 3 is 1.89 bits per heavy atom. The molecule has 2 fully saturated rings. The van der Waals surface area contributed by atoms with E-state index in [9.17, 15) is 15.0 Å². The average molecular weight is 602 g/mol. The van der Waals surface area contributed by atoms with Crippen LogP contribution in [0, 0.1) is 0 Å². The average Bonchev–Trinajstić information content (AvgIpc) is 2.76. The first-order valence-corrected chi connectivity index (χ1v) is 13.7. The van der Waals surface area contributed by atoms with E-state index in [0.717, 1.165) is 0 Å². The van der Waals surface area contributed by atoms with Gasteiger partial charge in [0.25, 0.3) is 0 Å². The van der Waals surface area contributed by atoms with Gasteiger partial charge in [0, 0.05) is 20.2 Å². The van der Waals surface area contributed by atoms with Crippen LogP contribution in [-0.2, 0) is 39.8 Å². The third kappa shape index (κ3) is 12.8. The van der Waals surface area contributed by atoms with Gasteiger partial charge in [-0.15, -0.1) is 0 Å². The minimum Gasteiger partial charge on any atom is -0.389 e. The van der Waals surface area contributed by atoms with Crippen molar-refractivity contribution in [2.45, 2.75) is 80.7 Å². The summed E-state index contributed by atoms with van der Waals surface area (Å²) in [5.41, 5.74) is 23.6. The number of ether oxygens (including phenoxy) is 3. The highest BCUT2D eigenvalue weighted by molar-refractivity contribution is 7.80. The van der Waals surface area contributed by atoms with Crippen molar-refractivity contribution >= 4 is 26.7 Å². The van der Waals surface area contributed by atoms with Crippen LogP contribution in [0.15, 0.2) is 0 Å². The lowest BCUT2D eigenvalue weighted by Crippen LogP contribution is -2.72. The lowest BCUT2D eigenvalue weighted by Gasteiger charge is -2.50. The number of amides is 1. The zero-order valence-electron chi connectivity index (χ0n) is 20.9. The molecule has 2 rings (SSSR count). The molecule has 0 aromatic heterocycles. The molecule has 14 N–H and O–H groups in total. The molecule has 228 valence electrons. The van der Waals surface area contributed by atoms with E-state index in [1.165, 1.54) is 19.1 Å². The molecule has 0 spiro atoms. The molecule has 0 aromatic carbocycles. The number of likely N-dealkylation sites (N-methyl/N-ethyl adjacent to an activating group) is 1. The van der Waals surface area contributed by atoms with Crippen molar-refractivity contribution in [1.82, 2.24) is 4.90 Å². The lowest BCUT2D eigenvalue weighted by atomic mass is 9.80. The number of aliphatic hydroxyl groups is 2. The molecule has 2 aliphatic rings. The van der Waals surface area contributed by atoms with E-state index < -0.39 is 75.5 Å². The maximum absolute atomic E-state index is 12.1. The van der Waals surface area contributed by atoms with Gasteiger partial charge in [-0.25, -0.2) is 0 Å². The van der Waals surface area contributed by atoms with E-state index in [2.05, 4.69) is 0 Å². The number of rotatable bonds is 6. The highest BCUT2D eigenvalue weighted by Gasteiger charge is 2.53. The molecule has 1 heterocycles. The molecule has 1 saturated carbocycles. The maximum Gasteiger partial charge on any atom is 0.394 e. The van der Waals surface area contributed by atoms with Crippen molar-refractivity contribution in [1.29, 1.82) is 0 Å². The van der Waals surface area contributed by atoms with E-state index >= 15 is 0 Å². The molecular weight excluding hydrogens is 562 g/mol. The fourth-order valence-electron chi connectivity index (χ4n) is 3.95. The van der Waals surface area contributed by atoms with Gasteiger partial charge in [-0.1, -0.05) is 0 Å². The number of carbonyl (C=O) groups excluding carboxylic acids is 1. The SMILES string of the molecule is CO[C@H]1[C@@H](O)[C@H](N)[C@@H](O[C@H]2O[C@H](C(C)N)CC[C@H]2N)[C@H](O)[C@@H]1N(C)C(=O)CN.O=S(=O)(O)O.O=S(=O)(O)O. The molecule has 0 radical (unpaired) electrons. The number of hydrogen-bond donors (Lipinski definition) is 10. The van der Waals surface area contributed by atoms with Gasteiger partial charge in [0.05, 0.1) is 36.9 Å². The summed E-state index contributed by atoms with van der Waals surface area (Å²) < 4.78 is 80.3. The zero-order chi connectivity index (χ0) is 30.2. The number of hydrogen-bond acceptors (Lipinski definition) is 14. The molecule has 0 bridgehead atoms. The highest BCUT2D eigenvalue weighted by Crippen LogP contribution is 2.31. The summed E-state index contributed by atoms with van der Waals surface area (Å²) in [6.45, 7) is 1.58. The van der Waals surface area contributed by atoms with Crippen LogP contribution in [0.25, 0.3) is 0 Å². The van der Waals surface area contributed by atoms with Gasteiger partial charge in [-0.3, -0.25) is 23.0 Å². The monoisotopic (exact) mass is 601 g/mol. The van der Waals surface area contributed by atoms with E-state index in [0.29, 0.717) is 12.8 Å². The minimum absolute atomic E-state index is 0.215. The second kappa shape index (κ2) is 15.6. The fourth-order valence-corrected chi connectivity index (χ4v) is 3.95. The van der Waals surface area contributed by atoms with Crippen molar-refractivity contribution in [3.63, 3.8) is 0 Å². The van der Waals surface area contributed by atoms with Crippen molar-refractivity contribution in [2.24, 2.45) is 22.9 Å². The Kier molecular flexibility index (Phi) is 15.1. The Morgan fingerprint density at radius 2 is 1.50 bits per heavy atom. The van der Waals surface area contributed by atoms with Crippen molar-refractivity contribution in [3.05, 3.63) is 0 Å². The summed E-state index contributed by atoms with van der Waals surface area (Å²) in [6.07, 6.45) is -4.16. The molecule has 10 atom stereocenters. The Labute approximate surface area is 220 Å². The van der Waals surface area contributed by atoms with Crippen LogP contribution in [0.1, 0.15) is 19.8 Å². The van der Waals surface area contributed by atoms with Gasteiger partial charge in [-0.2, -0.15) is 16.8 Å². The molecule has 19 nitrogen and oxygen atoms in total. The fraction of sp³-hybridized carbons (Fsp3) is 0.941. The van der Waals surface area contributed by atoms with Crippen LogP contribution in [0.3, 0.4) is 0 Å². The van der Waals surface area contributed by atoms with E-state index in [4.69, 9.17) is 72.2 Å². The highest BCUT2D eigenvalue weighted by atomic mass is 32.3. The summed E-state index contributed by atoms with van der Waals surface area (Å²) in [7, 11) is -6.49. The van der Waals surface area contributed by atoms with Crippen LogP contribution in [0.2, 0.25) is 0 Å². The molecular formula is C17H39N5O14S2. The number of methoxy groups -OCH3 is 1. The predicted octanol–water partition coefficient (Wildman–Crippen LogP) is -4.89. The van der Waals surface area contributed by atoms with Crippen molar-refractivity contribution in [3.8, 4) is 0 Å². The third-order valence-electron chi connectivity index (χ3n) is 5.74. The van der Waals surface area contributed by atoms with E-state index in [1.807, 2.05) is 6.92 Å². The quantitative estimate of drug-likeness (QED) is 0.127. The predicted molar refractivity (Wildman–Crippen MR) is 129 cm³/mol. The summed E-state index contributed by atoms with van der Waals surface area (Å²) >= 11 is 0. The summed E-state index contributed by atoms with van der Waals surface area (Å²) in [5, 5.41) is 21.6. The van der Waals surface area contributed by atoms with Gasteiger partial charge >= 0.3 is 20.8 Å².